The number of aliphatic hydroxyl groups is 1. The quantitative estimate of drug-likeness (QED) is 0.178. The van der Waals surface area contributed by atoms with E-state index in [0.717, 1.165) is 49.8 Å². The number of H-pyrrole nitrogens is 1. The monoisotopic (exact) mass is 807 g/mol. The predicted molar refractivity (Wildman–Crippen MR) is 218 cm³/mol. The minimum atomic E-state index is -3.80. The van der Waals surface area contributed by atoms with Crippen molar-refractivity contribution >= 4 is 44.3 Å². The lowest BCUT2D eigenvalue weighted by Gasteiger charge is -2.41. The van der Waals surface area contributed by atoms with Gasteiger partial charge in [-0.25, -0.2) is 28.2 Å². The Morgan fingerprint density at radius 1 is 1.00 bits per heavy atom. The van der Waals surface area contributed by atoms with E-state index in [1.54, 1.807) is 50.2 Å². The number of aromatic amines is 1. The molecule has 18 heteroatoms. The molecule has 3 aromatic heterocycles. The number of aromatic nitrogens is 6. The van der Waals surface area contributed by atoms with E-state index >= 15 is 0 Å². The molecule has 0 radical (unpaired) electrons. The van der Waals surface area contributed by atoms with Gasteiger partial charge in [-0.1, -0.05) is 0 Å². The first-order chi connectivity index (χ1) is 26.8. The van der Waals surface area contributed by atoms with Crippen molar-refractivity contribution in [1.29, 1.82) is 0 Å². The molecule has 1 aromatic carbocycles. The maximum Gasteiger partial charge on any atom is 0.410 e. The minimum Gasteiger partial charge on any atom is -0.492 e. The molecule has 5 heterocycles. The number of carbonyl (C=O) groups is 1. The highest BCUT2D eigenvalue weighted by Gasteiger charge is 2.36. The minimum absolute atomic E-state index is 0.0986. The Labute approximate surface area is 335 Å². The van der Waals surface area contributed by atoms with Crippen LogP contribution in [0.1, 0.15) is 78.1 Å². The van der Waals surface area contributed by atoms with E-state index in [1.165, 1.54) is 6.33 Å². The van der Waals surface area contributed by atoms with Gasteiger partial charge in [0, 0.05) is 75.4 Å². The van der Waals surface area contributed by atoms with Crippen molar-refractivity contribution in [3.05, 3.63) is 47.8 Å². The zero-order valence-corrected chi connectivity index (χ0v) is 35.4. The van der Waals surface area contributed by atoms with Gasteiger partial charge >= 0.3 is 6.09 Å². The van der Waals surface area contributed by atoms with Gasteiger partial charge in [-0.05, 0) is 74.8 Å². The van der Waals surface area contributed by atoms with Crippen LogP contribution in [0.25, 0.3) is 10.9 Å². The summed E-state index contributed by atoms with van der Waals surface area (Å²) in [6, 6.07) is 3.16. The lowest BCUT2D eigenvalue weighted by atomic mass is 10.1. The number of carbonyl (C=O) groups excluding carboxylic acids is 1. The third-order valence-corrected chi connectivity index (χ3v) is 12.9. The number of rotatable bonds is 11. The van der Waals surface area contributed by atoms with Crippen LogP contribution in [0.3, 0.4) is 0 Å². The summed E-state index contributed by atoms with van der Waals surface area (Å²) < 4.78 is 38.4. The zero-order valence-electron chi connectivity index (χ0n) is 34.5. The number of hydrogen-bond donors (Lipinski definition) is 3. The summed E-state index contributed by atoms with van der Waals surface area (Å²) in [4.78, 5) is 38.9. The Morgan fingerprint density at radius 3 is 2.35 bits per heavy atom. The van der Waals surface area contributed by atoms with Crippen molar-refractivity contribution in [2.45, 2.75) is 96.2 Å². The molecule has 2 aliphatic heterocycles. The molecule has 4 aromatic rings. The number of nitrogens with zero attached hydrogens (tertiary/aromatic N) is 9. The Kier molecular flexibility index (Phi) is 12.3. The first-order valence-corrected chi connectivity index (χ1v) is 21.0. The number of piperazine rings is 2. The summed E-state index contributed by atoms with van der Waals surface area (Å²) in [5.41, 5.74) is 2.23. The smallest absolute Gasteiger partial charge is 0.410 e. The Bertz CT molecular complexity index is 2140. The summed E-state index contributed by atoms with van der Waals surface area (Å²) in [5, 5.41) is 22.1. The second kappa shape index (κ2) is 16.7. The van der Waals surface area contributed by atoms with Crippen LogP contribution >= 0.6 is 0 Å². The van der Waals surface area contributed by atoms with Crippen LogP contribution in [0.15, 0.2) is 35.7 Å². The molecular formula is C39H57N11O6S. The van der Waals surface area contributed by atoms with E-state index in [1.807, 2.05) is 46.4 Å². The fraction of sp³-hybridized carbons (Fsp3) is 0.590. The van der Waals surface area contributed by atoms with Gasteiger partial charge in [-0.2, -0.15) is 5.10 Å². The fourth-order valence-corrected chi connectivity index (χ4v) is 8.15. The highest BCUT2D eigenvalue weighted by Crippen LogP contribution is 2.37. The number of aliphatic hydroxyl groups excluding tert-OH is 1. The zero-order chi connectivity index (χ0) is 41.3. The molecule has 2 fully saturated rings. The summed E-state index contributed by atoms with van der Waals surface area (Å²) >= 11 is 0. The normalized spacial score (nSPS) is 18.2. The number of benzene rings is 1. The average Bonchev–Trinajstić information content (AvgIpc) is 3.47. The number of nitrogens with one attached hydrogen (secondary N) is 2. The van der Waals surface area contributed by atoms with Gasteiger partial charge in [-0.15, -0.1) is 0 Å². The number of anilines is 3. The Morgan fingerprint density at radius 2 is 1.74 bits per heavy atom. The average molecular weight is 808 g/mol. The second-order valence-corrected chi connectivity index (χ2v) is 19.5. The maximum atomic E-state index is 13.9. The second-order valence-electron chi connectivity index (χ2n) is 16.8. The lowest BCUT2D eigenvalue weighted by molar-refractivity contribution is -0.0527. The lowest BCUT2D eigenvalue weighted by Crippen LogP contribution is -2.55. The van der Waals surface area contributed by atoms with Gasteiger partial charge in [-0.3, -0.25) is 19.9 Å². The van der Waals surface area contributed by atoms with Crippen molar-refractivity contribution in [3.8, 4) is 5.75 Å². The van der Waals surface area contributed by atoms with Crippen LogP contribution < -0.4 is 15.0 Å². The molecule has 2 aliphatic rings. The molecule has 1 unspecified atom stereocenters. The molecule has 0 aliphatic carbocycles. The third kappa shape index (κ3) is 9.56. The van der Waals surface area contributed by atoms with Crippen LogP contribution in [0.2, 0.25) is 0 Å². The molecule has 6 rings (SSSR count). The number of fused-ring (bicyclic) bond motifs is 1. The SMILES string of the molecule is Cc1n[nH]c(Nc2ncnc3cc(OCCCN4CCN(c5cnc(C(O)N6CCN(C(=O)OC(C)(C)C)[C@H](C)C6)cn5)CC4)c(S(=O)(=O)C(C)(C)C)cc23)c1C. The van der Waals surface area contributed by atoms with E-state index in [4.69, 9.17) is 9.47 Å². The summed E-state index contributed by atoms with van der Waals surface area (Å²) in [5.74, 6) is 2.15. The number of amides is 1. The Hall–Kier alpha value is -4.65. The molecule has 57 heavy (non-hydrogen) atoms. The molecule has 0 saturated carbocycles. The molecular weight excluding hydrogens is 751 g/mol. The van der Waals surface area contributed by atoms with Gasteiger partial charge in [0.2, 0.25) is 0 Å². The van der Waals surface area contributed by atoms with E-state index in [-0.39, 0.29) is 22.8 Å². The van der Waals surface area contributed by atoms with Crippen LogP contribution in [0.5, 0.6) is 5.75 Å². The molecule has 17 nitrogen and oxygen atoms in total. The number of aryl methyl sites for hydroxylation is 1. The van der Waals surface area contributed by atoms with Crippen LogP contribution in [-0.4, -0.2) is 140 Å². The number of hydrogen-bond acceptors (Lipinski definition) is 15. The molecule has 1 amide bonds. The van der Waals surface area contributed by atoms with Crippen LogP contribution in [0, 0.1) is 13.8 Å². The summed E-state index contributed by atoms with van der Waals surface area (Å²) in [6.45, 7) is 22.0. The van der Waals surface area contributed by atoms with Crippen LogP contribution in [0.4, 0.5) is 22.2 Å². The first-order valence-electron chi connectivity index (χ1n) is 19.5. The Balaban J connectivity index is 1.02. The predicted octanol–water partition coefficient (Wildman–Crippen LogP) is 4.60. The standard InChI is InChI=1S/C39H57N11O6S/c1-25-23-49(16-17-50(25)37(52)56-38(4,5)6)36(51)30-21-41-33(22-40-30)48-14-12-47(13-15-48)11-10-18-55-31-20-29-28(19-32(31)57(53,54)39(7,8)9)35(43-24-42-29)44-34-26(2)27(3)45-46-34/h19-22,24-25,36,51H,10-18,23H2,1-9H3,(H2,42,43,44,45,46)/t25-,36?/m1/s1. The van der Waals surface area contributed by atoms with Gasteiger partial charge in [0.15, 0.2) is 16.1 Å². The number of ether oxygens (including phenoxy) is 2. The van der Waals surface area contributed by atoms with E-state index in [2.05, 4.69) is 45.2 Å². The summed E-state index contributed by atoms with van der Waals surface area (Å²) in [7, 11) is -3.80. The van der Waals surface area contributed by atoms with Gasteiger partial charge in [0.1, 0.15) is 45.7 Å². The topological polar surface area (TPSA) is 195 Å². The molecule has 3 N–H and O–H groups in total. The van der Waals surface area contributed by atoms with E-state index in [9.17, 15) is 18.3 Å². The highest BCUT2D eigenvalue weighted by atomic mass is 32.2. The highest BCUT2D eigenvalue weighted by molar-refractivity contribution is 7.92. The van der Waals surface area contributed by atoms with Gasteiger partial charge in [0.25, 0.3) is 0 Å². The largest absolute Gasteiger partial charge is 0.492 e. The van der Waals surface area contributed by atoms with Crippen molar-refractivity contribution in [2.24, 2.45) is 0 Å². The molecule has 2 atom stereocenters. The summed E-state index contributed by atoms with van der Waals surface area (Å²) in [6.07, 6.45) is 4.18. The molecule has 0 bridgehead atoms. The fourth-order valence-electron chi connectivity index (χ4n) is 6.83. The molecule has 2 saturated heterocycles. The first kappa shape index (κ1) is 42.0. The molecule has 310 valence electrons. The number of sulfone groups is 1. The van der Waals surface area contributed by atoms with Crippen molar-refractivity contribution in [1.82, 2.24) is 44.8 Å². The van der Waals surface area contributed by atoms with Gasteiger partial charge in [0.05, 0.1) is 35.0 Å². The van der Waals surface area contributed by atoms with E-state index < -0.39 is 26.4 Å². The van der Waals surface area contributed by atoms with Crippen molar-refractivity contribution in [2.75, 3.05) is 69.2 Å². The van der Waals surface area contributed by atoms with Crippen molar-refractivity contribution < 1.29 is 27.8 Å². The third-order valence-electron chi connectivity index (χ3n) is 10.4. The van der Waals surface area contributed by atoms with Crippen molar-refractivity contribution in [3.63, 3.8) is 0 Å². The molecule has 0 spiro atoms. The maximum absolute atomic E-state index is 13.9. The van der Waals surface area contributed by atoms with Crippen LogP contribution in [-0.2, 0) is 14.6 Å². The van der Waals surface area contributed by atoms with Gasteiger partial charge < -0.3 is 29.7 Å². The van der Waals surface area contributed by atoms with E-state index in [0.29, 0.717) is 60.9 Å².